The highest BCUT2D eigenvalue weighted by molar-refractivity contribution is 7.47. The quantitative estimate of drug-likeness (QED) is 0.0282. The molecule has 0 bridgehead atoms. The van der Waals surface area contributed by atoms with E-state index in [1.165, 1.54) is 205 Å². The largest absolute Gasteiger partial charge is 0.472 e. The molecule has 2 unspecified atom stereocenters. The number of carbonyl (C=O) groups excluding carboxylic acids is 1. The van der Waals surface area contributed by atoms with Crippen molar-refractivity contribution in [1.29, 1.82) is 0 Å². The van der Waals surface area contributed by atoms with Crippen molar-refractivity contribution in [1.82, 2.24) is 0 Å². The molecule has 8 nitrogen and oxygen atoms in total. The fourth-order valence-corrected chi connectivity index (χ4v) is 8.42. The lowest BCUT2D eigenvalue weighted by atomic mass is 10.0. The van der Waals surface area contributed by atoms with Crippen LogP contribution in [0.3, 0.4) is 0 Å². The first kappa shape index (κ1) is 58.5. The Labute approximate surface area is 368 Å². The Morgan fingerprint density at radius 1 is 0.458 bits per heavy atom. The zero-order valence-electron chi connectivity index (χ0n) is 40.3. The minimum absolute atomic E-state index is 0.0940. The molecule has 2 atom stereocenters. The summed E-state index contributed by atoms with van der Waals surface area (Å²) in [6, 6.07) is 0. The number of ether oxygens (including phenoxy) is 2. The molecule has 0 aromatic rings. The average molecular weight is 861 g/mol. The molecule has 59 heavy (non-hydrogen) atoms. The highest BCUT2D eigenvalue weighted by Crippen LogP contribution is 2.43. The lowest BCUT2D eigenvalue weighted by Crippen LogP contribution is -2.37. The molecule has 0 saturated carbocycles. The van der Waals surface area contributed by atoms with Crippen LogP contribution in [0.4, 0.5) is 0 Å². The lowest BCUT2D eigenvalue weighted by molar-refractivity contribution is -0.870. The molecule has 354 valence electrons. The van der Waals surface area contributed by atoms with Gasteiger partial charge in [-0.25, -0.2) is 4.57 Å². The summed E-state index contributed by atoms with van der Waals surface area (Å²) in [6.07, 6.45) is 48.7. The number of esters is 1. The van der Waals surface area contributed by atoms with E-state index in [9.17, 15) is 14.3 Å². The van der Waals surface area contributed by atoms with Crippen molar-refractivity contribution in [3.05, 3.63) is 0 Å². The van der Waals surface area contributed by atoms with Crippen LogP contribution in [0.1, 0.15) is 258 Å². The second-order valence-electron chi connectivity index (χ2n) is 18.9. The molecule has 0 heterocycles. The summed E-state index contributed by atoms with van der Waals surface area (Å²) in [6.45, 7) is 5.69. The SMILES string of the molecule is CCCCCCCCCCCCCCCCCCCCCCCCCCCOCC(COP(=O)(O)OCC[N+](C)(C)C)OC(=O)CCCCCCCCCCCCCC. The van der Waals surface area contributed by atoms with Gasteiger partial charge >= 0.3 is 13.8 Å². The molecule has 0 aromatic heterocycles. The molecule has 0 aromatic carbocycles. The van der Waals surface area contributed by atoms with Crippen LogP contribution in [0.25, 0.3) is 0 Å². The highest BCUT2D eigenvalue weighted by Gasteiger charge is 2.26. The summed E-state index contributed by atoms with van der Waals surface area (Å²) < 4.78 is 35.1. The predicted molar refractivity (Wildman–Crippen MR) is 252 cm³/mol. The fraction of sp³-hybridized carbons (Fsp3) is 0.980. The summed E-state index contributed by atoms with van der Waals surface area (Å²) in [4.78, 5) is 22.9. The molecule has 9 heteroatoms. The van der Waals surface area contributed by atoms with Crippen LogP contribution < -0.4 is 0 Å². The number of unbranched alkanes of at least 4 members (excludes halogenated alkanes) is 35. The lowest BCUT2D eigenvalue weighted by Gasteiger charge is -2.24. The molecule has 0 fully saturated rings. The molecule has 0 saturated heterocycles. The molecule has 0 spiro atoms. The van der Waals surface area contributed by atoms with E-state index < -0.39 is 13.9 Å². The summed E-state index contributed by atoms with van der Waals surface area (Å²) in [5.41, 5.74) is 0. The molecular weight excluding hydrogens is 758 g/mol. The number of phosphoric ester groups is 1. The van der Waals surface area contributed by atoms with E-state index in [1.807, 2.05) is 21.1 Å². The zero-order chi connectivity index (χ0) is 43.4. The predicted octanol–water partition coefficient (Wildman–Crippen LogP) is 15.6. The standard InChI is InChI=1S/C50H102NO7P/c1-6-8-10-12-14-16-18-20-21-22-23-24-25-26-27-28-29-30-31-32-34-36-38-40-42-45-55-47-49(48-57-59(53,54)56-46-44-51(3,4)5)58-50(52)43-41-39-37-35-33-19-17-15-13-11-9-7-2/h49H,6-48H2,1-5H3/p+1. The highest BCUT2D eigenvalue weighted by atomic mass is 31.2. The van der Waals surface area contributed by atoms with Gasteiger partial charge in [-0.2, -0.15) is 0 Å². The smallest absolute Gasteiger partial charge is 0.457 e. The topological polar surface area (TPSA) is 91.3 Å². The van der Waals surface area contributed by atoms with E-state index in [0.717, 1.165) is 32.1 Å². The van der Waals surface area contributed by atoms with E-state index in [-0.39, 0.29) is 25.8 Å². The Kier molecular flexibility index (Phi) is 43.7. The van der Waals surface area contributed by atoms with Gasteiger partial charge < -0.3 is 18.9 Å². The van der Waals surface area contributed by atoms with Gasteiger partial charge in [-0.3, -0.25) is 13.8 Å². The number of carbonyl (C=O) groups is 1. The van der Waals surface area contributed by atoms with E-state index >= 15 is 0 Å². The second-order valence-corrected chi connectivity index (χ2v) is 20.4. The second kappa shape index (κ2) is 44.1. The monoisotopic (exact) mass is 861 g/mol. The molecule has 0 rings (SSSR count). The number of quaternary nitrogens is 1. The van der Waals surface area contributed by atoms with Gasteiger partial charge in [0.1, 0.15) is 19.3 Å². The Morgan fingerprint density at radius 3 is 1.12 bits per heavy atom. The summed E-state index contributed by atoms with van der Waals surface area (Å²) in [7, 11) is 1.69. The van der Waals surface area contributed by atoms with Crippen molar-refractivity contribution in [3.63, 3.8) is 0 Å². The van der Waals surface area contributed by atoms with Gasteiger partial charge in [0.25, 0.3) is 0 Å². The third-order valence-electron chi connectivity index (χ3n) is 11.7. The Balaban J connectivity index is 3.97. The normalized spacial score (nSPS) is 13.5. The van der Waals surface area contributed by atoms with Gasteiger partial charge in [0.2, 0.25) is 0 Å². The van der Waals surface area contributed by atoms with Crippen LogP contribution in [-0.2, 0) is 27.9 Å². The first-order chi connectivity index (χ1) is 28.6. The molecule has 0 amide bonds. The van der Waals surface area contributed by atoms with Crippen molar-refractivity contribution in [2.24, 2.45) is 0 Å². The maximum Gasteiger partial charge on any atom is 0.472 e. The Hall–Kier alpha value is -0.500. The zero-order valence-corrected chi connectivity index (χ0v) is 41.2. The average Bonchev–Trinajstić information content (AvgIpc) is 3.19. The minimum atomic E-state index is -4.27. The first-order valence-electron chi connectivity index (χ1n) is 25.8. The molecule has 0 aliphatic carbocycles. The summed E-state index contributed by atoms with van der Waals surface area (Å²) in [5.74, 6) is -0.307. The van der Waals surface area contributed by atoms with Crippen molar-refractivity contribution >= 4 is 13.8 Å². The third kappa shape index (κ3) is 48.4. The van der Waals surface area contributed by atoms with Gasteiger partial charge in [-0.05, 0) is 12.8 Å². The van der Waals surface area contributed by atoms with E-state index in [4.69, 9.17) is 18.5 Å². The Morgan fingerprint density at radius 2 is 0.780 bits per heavy atom. The van der Waals surface area contributed by atoms with Crippen LogP contribution in [0.15, 0.2) is 0 Å². The fourth-order valence-electron chi connectivity index (χ4n) is 7.67. The maximum atomic E-state index is 12.7. The number of likely N-dealkylation sites (N-methyl/N-ethyl adjacent to an activating group) is 1. The number of rotatable bonds is 49. The van der Waals surface area contributed by atoms with Gasteiger partial charge in [0.05, 0.1) is 34.4 Å². The van der Waals surface area contributed by atoms with Gasteiger partial charge in [-0.15, -0.1) is 0 Å². The van der Waals surface area contributed by atoms with Gasteiger partial charge in [0.15, 0.2) is 0 Å². The Bertz CT molecular complexity index is 914. The molecule has 0 aliphatic heterocycles. The number of hydrogen-bond acceptors (Lipinski definition) is 6. The number of nitrogens with zero attached hydrogens (tertiary/aromatic N) is 1. The van der Waals surface area contributed by atoms with Gasteiger partial charge in [0, 0.05) is 13.0 Å². The molecule has 0 radical (unpaired) electrons. The summed E-state index contributed by atoms with van der Waals surface area (Å²) >= 11 is 0. The van der Waals surface area contributed by atoms with Crippen LogP contribution in [0, 0.1) is 0 Å². The van der Waals surface area contributed by atoms with E-state index in [0.29, 0.717) is 24.1 Å². The van der Waals surface area contributed by atoms with Crippen LogP contribution in [0.5, 0.6) is 0 Å². The number of phosphoric acid groups is 1. The molecule has 0 aliphatic rings. The van der Waals surface area contributed by atoms with Crippen molar-refractivity contribution < 1.29 is 37.3 Å². The van der Waals surface area contributed by atoms with Crippen LogP contribution in [-0.4, -0.2) is 75.6 Å². The molecular formula is C50H103NO7P+. The third-order valence-corrected chi connectivity index (χ3v) is 12.7. The number of hydrogen-bond donors (Lipinski definition) is 1. The van der Waals surface area contributed by atoms with Gasteiger partial charge in [-0.1, -0.05) is 239 Å². The maximum absolute atomic E-state index is 12.7. The van der Waals surface area contributed by atoms with Crippen LogP contribution >= 0.6 is 7.82 Å². The molecule has 1 N–H and O–H groups in total. The van der Waals surface area contributed by atoms with Crippen molar-refractivity contribution in [2.45, 2.75) is 264 Å². The van der Waals surface area contributed by atoms with Crippen molar-refractivity contribution in [3.8, 4) is 0 Å². The van der Waals surface area contributed by atoms with E-state index in [1.54, 1.807) is 0 Å². The van der Waals surface area contributed by atoms with E-state index in [2.05, 4.69) is 13.8 Å². The van der Waals surface area contributed by atoms with Crippen molar-refractivity contribution in [2.75, 3.05) is 54.1 Å². The summed E-state index contributed by atoms with van der Waals surface area (Å²) in [5, 5.41) is 0. The van der Waals surface area contributed by atoms with Crippen LogP contribution in [0.2, 0.25) is 0 Å². The first-order valence-corrected chi connectivity index (χ1v) is 27.3. The minimum Gasteiger partial charge on any atom is -0.457 e.